The summed E-state index contributed by atoms with van der Waals surface area (Å²) < 4.78 is 17.5. The molecule has 8 aromatic carbocycles. The van der Waals surface area contributed by atoms with Gasteiger partial charge in [0, 0.05) is 37.8 Å². The summed E-state index contributed by atoms with van der Waals surface area (Å²) in [6.45, 7) is 0. The molecule has 212 valence electrons. The lowest BCUT2D eigenvalue weighted by atomic mass is 9.93. The van der Waals surface area contributed by atoms with E-state index in [2.05, 4.69) is 114 Å². The van der Waals surface area contributed by atoms with E-state index >= 15 is 4.57 Å². The fraction of sp³-hybridized carbons (Fsp3) is 0. The van der Waals surface area contributed by atoms with Gasteiger partial charge in [-0.25, -0.2) is 0 Å². The Balaban J connectivity index is 1.35. The monoisotopic (exact) mass is 593 g/mol. The third-order valence-corrected chi connectivity index (χ3v) is 12.3. The molecule has 9 rings (SSSR count). The van der Waals surface area contributed by atoms with Gasteiger partial charge in [0.1, 0.15) is 0 Å². The zero-order valence-electron chi connectivity index (χ0n) is 24.5. The van der Waals surface area contributed by atoms with E-state index < -0.39 is 7.14 Å². The van der Waals surface area contributed by atoms with Gasteiger partial charge in [0.15, 0.2) is 7.14 Å². The van der Waals surface area contributed by atoms with Crippen LogP contribution in [0.3, 0.4) is 0 Å². The van der Waals surface area contributed by atoms with Gasteiger partial charge in [-0.3, -0.25) is 0 Å². The minimum absolute atomic E-state index is 0.825. The molecule has 0 saturated carbocycles. The molecule has 0 radical (unpaired) electrons. The SMILES string of the molecule is O=P(c1ccccc1)(c1ccccc1)c1ccc(-n2c3ccccc3c3c4ccc5ccccc5c4c4ccccc4c32)cc1. The molecule has 0 fully saturated rings. The number of hydrogen-bond donors (Lipinski definition) is 0. The predicted octanol–water partition coefficient (Wildman–Crippen LogP) is 9.88. The second-order valence-electron chi connectivity index (χ2n) is 11.6. The molecule has 0 N–H and O–H groups in total. The van der Waals surface area contributed by atoms with Crippen LogP contribution in [-0.2, 0) is 4.57 Å². The van der Waals surface area contributed by atoms with Crippen LogP contribution in [0, 0.1) is 0 Å². The molecule has 0 aliphatic carbocycles. The van der Waals surface area contributed by atoms with Gasteiger partial charge in [-0.05, 0) is 57.3 Å². The number of benzene rings is 8. The van der Waals surface area contributed by atoms with Crippen molar-refractivity contribution in [2.24, 2.45) is 0 Å². The predicted molar refractivity (Wildman–Crippen MR) is 193 cm³/mol. The fourth-order valence-electron chi connectivity index (χ4n) is 7.25. The molecule has 2 nitrogen and oxygen atoms in total. The second-order valence-corrected chi connectivity index (χ2v) is 14.4. The molecule has 3 heteroatoms. The van der Waals surface area contributed by atoms with Crippen LogP contribution in [0.25, 0.3) is 59.8 Å². The Kier molecular flexibility index (Phi) is 5.81. The zero-order chi connectivity index (χ0) is 30.0. The summed E-state index contributed by atoms with van der Waals surface area (Å²) >= 11 is 0. The highest BCUT2D eigenvalue weighted by Crippen LogP contribution is 2.45. The molecule has 0 amide bonds. The number of hydrogen-bond acceptors (Lipinski definition) is 1. The largest absolute Gasteiger partial charge is 0.309 e. The average Bonchev–Trinajstić information content (AvgIpc) is 3.47. The summed E-state index contributed by atoms with van der Waals surface area (Å²) in [6, 6.07) is 58.9. The highest BCUT2D eigenvalue weighted by molar-refractivity contribution is 7.85. The van der Waals surface area contributed by atoms with Crippen LogP contribution in [0.1, 0.15) is 0 Å². The molecule has 9 aromatic rings. The molecule has 0 aliphatic heterocycles. The lowest BCUT2D eigenvalue weighted by Gasteiger charge is -2.20. The Labute approximate surface area is 261 Å². The minimum Gasteiger partial charge on any atom is -0.309 e. The summed E-state index contributed by atoms with van der Waals surface area (Å²) in [6.07, 6.45) is 0. The molecule has 1 heterocycles. The highest BCUT2D eigenvalue weighted by atomic mass is 31.2. The van der Waals surface area contributed by atoms with Gasteiger partial charge < -0.3 is 9.13 Å². The van der Waals surface area contributed by atoms with Crippen molar-refractivity contribution in [3.8, 4) is 5.69 Å². The molecule has 0 saturated heterocycles. The van der Waals surface area contributed by atoms with E-state index in [1.54, 1.807) is 0 Å². The van der Waals surface area contributed by atoms with E-state index in [4.69, 9.17) is 0 Å². The van der Waals surface area contributed by atoms with Crippen LogP contribution in [0.2, 0.25) is 0 Å². The third-order valence-electron chi connectivity index (χ3n) is 9.24. The van der Waals surface area contributed by atoms with Crippen LogP contribution in [-0.4, -0.2) is 4.57 Å². The van der Waals surface area contributed by atoms with Crippen LogP contribution in [0.5, 0.6) is 0 Å². The topological polar surface area (TPSA) is 22.0 Å². The van der Waals surface area contributed by atoms with Gasteiger partial charge in [-0.15, -0.1) is 0 Å². The lowest BCUT2D eigenvalue weighted by molar-refractivity contribution is 0.592. The summed E-state index contributed by atoms with van der Waals surface area (Å²) in [5.74, 6) is 0. The van der Waals surface area contributed by atoms with E-state index in [9.17, 15) is 0 Å². The molecule has 0 spiro atoms. The van der Waals surface area contributed by atoms with E-state index in [1.165, 1.54) is 48.6 Å². The van der Waals surface area contributed by atoms with Crippen molar-refractivity contribution in [2.75, 3.05) is 0 Å². The maximum absolute atomic E-state index is 15.1. The van der Waals surface area contributed by atoms with Gasteiger partial charge in [-0.1, -0.05) is 140 Å². The van der Waals surface area contributed by atoms with Gasteiger partial charge in [0.05, 0.1) is 11.0 Å². The number of aromatic nitrogens is 1. The van der Waals surface area contributed by atoms with Gasteiger partial charge in [0.25, 0.3) is 0 Å². The van der Waals surface area contributed by atoms with E-state index in [0.29, 0.717) is 0 Å². The first-order valence-corrected chi connectivity index (χ1v) is 17.0. The minimum atomic E-state index is -3.07. The Morgan fingerprint density at radius 3 is 1.60 bits per heavy atom. The summed E-state index contributed by atoms with van der Waals surface area (Å²) in [5, 5.41) is 12.5. The molecule has 0 bridgehead atoms. The van der Waals surface area contributed by atoms with E-state index in [0.717, 1.165) is 27.1 Å². The standard InChI is InChI=1S/C42H28NOP/c44-45(31-14-3-1-4-15-31,32-16-5-2-6-17-32)33-26-24-30(25-27-33)43-39-22-12-11-21-37(39)41-38-28-23-29-13-7-8-18-34(29)40(38)35-19-9-10-20-36(35)42(41)43/h1-28H. The maximum atomic E-state index is 15.1. The normalized spacial score (nSPS) is 12.1. The smallest absolute Gasteiger partial charge is 0.171 e. The van der Waals surface area contributed by atoms with Crippen molar-refractivity contribution in [1.82, 2.24) is 4.57 Å². The number of para-hydroxylation sites is 1. The molecular weight excluding hydrogens is 565 g/mol. The second kappa shape index (κ2) is 10.1. The van der Waals surface area contributed by atoms with Crippen LogP contribution in [0.4, 0.5) is 0 Å². The van der Waals surface area contributed by atoms with Crippen molar-refractivity contribution >= 4 is 77.2 Å². The number of rotatable bonds is 4. The molecule has 0 unspecified atom stereocenters. The van der Waals surface area contributed by atoms with Gasteiger partial charge in [0.2, 0.25) is 0 Å². The maximum Gasteiger partial charge on any atom is 0.171 e. The van der Waals surface area contributed by atoms with Crippen molar-refractivity contribution in [3.63, 3.8) is 0 Å². The first kappa shape index (κ1) is 26.0. The van der Waals surface area contributed by atoms with Crippen molar-refractivity contribution in [3.05, 3.63) is 170 Å². The Hall–Kier alpha value is -5.43. The average molecular weight is 594 g/mol. The molecule has 1 aromatic heterocycles. The number of nitrogens with zero attached hydrogens (tertiary/aromatic N) is 1. The molecular formula is C42H28NOP. The highest BCUT2D eigenvalue weighted by Gasteiger charge is 2.29. The third kappa shape index (κ3) is 3.80. The van der Waals surface area contributed by atoms with E-state index in [1.807, 2.05) is 60.7 Å². The summed E-state index contributed by atoms with van der Waals surface area (Å²) in [5.41, 5.74) is 3.39. The number of fused-ring (bicyclic) bond motifs is 10. The van der Waals surface area contributed by atoms with Gasteiger partial charge >= 0.3 is 0 Å². The van der Waals surface area contributed by atoms with Crippen LogP contribution in [0.15, 0.2) is 170 Å². The molecule has 0 aliphatic rings. The molecule has 0 atom stereocenters. The Morgan fingerprint density at radius 1 is 0.378 bits per heavy atom. The van der Waals surface area contributed by atoms with Gasteiger partial charge in [-0.2, -0.15) is 0 Å². The van der Waals surface area contributed by atoms with E-state index in [-0.39, 0.29) is 0 Å². The fourth-order valence-corrected chi connectivity index (χ4v) is 9.90. The Bertz CT molecular complexity index is 2560. The lowest BCUT2D eigenvalue weighted by Crippen LogP contribution is -2.24. The summed E-state index contributed by atoms with van der Waals surface area (Å²) in [7, 11) is -3.07. The molecule has 45 heavy (non-hydrogen) atoms. The van der Waals surface area contributed by atoms with Crippen molar-refractivity contribution < 1.29 is 4.57 Å². The first-order valence-electron chi connectivity index (χ1n) is 15.3. The zero-order valence-corrected chi connectivity index (χ0v) is 25.4. The summed E-state index contributed by atoms with van der Waals surface area (Å²) in [4.78, 5) is 0. The van der Waals surface area contributed by atoms with Crippen LogP contribution < -0.4 is 15.9 Å². The van der Waals surface area contributed by atoms with Crippen molar-refractivity contribution in [1.29, 1.82) is 0 Å². The Morgan fingerprint density at radius 2 is 0.911 bits per heavy atom. The van der Waals surface area contributed by atoms with Crippen LogP contribution >= 0.6 is 7.14 Å². The quantitative estimate of drug-likeness (QED) is 0.147. The van der Waals surface area contributed by atoms with Crippen molar-refractivity contribution in [2.45, 2.75) is 0 Å². The first-order chi connectivity index (χ1) is 22.2.